The van der Waals surface area contributed by atoms with Crippen molar-refractivity contribution in [3.63, 3.8) is 0 Å². The highest BCUT2D eigenvalue weighted by molar-refractivity contribution is 7.92. The fourth-order valence-corrected chi connectivity index (χ4v) is 3.84. The Labute approximate surface area is 211 Å². The van der Waals surface area contributed by atoms with Gasteiger partial charge in [0, 0.05) is 18.2 Å². The first-order valence-electron chi connectivity index (χ1n) is 10.9. The largest absolute Gasteiger partial charge is 0.433 e. The van der Waals surface area contributed by atoms with Gasteiger partial charge in [-0.2, -0.15) is 13.2 Å². The molecule has 0 aliphatic heterocycles. The number of amides is 1. The van der Waals surface area contributed by atoms with E-state index in [1.54, 1.807) is 31.2 Å². The summed E-state index contributed by atoms with van der Waals surface area (Å²) < 4.78 is 78.5. The van der Waals surface area contributed by atoms with Gasteiger partial charge >= 0.3 is 6.18 Å². The van der Waals surface area contributed by atoms with Crippen molar-refractivity contribution in [2.24, 2.45) is 0 Å². The zero-order chi connectivity index (χ0) is 27.2. The fourth-order valence-electron chi connectivity index (χ4n) is 3.28. The van der Waals surface area contributed by atoms with Crippen molar-refractivity contribution in [3.05, 3.63) is 94.9 Å². The molecule has 0 aliphatic carbocycles. The number of alkyl halides is 3. The maximum absolute atomic E-state index is 14.3. The average Bonchev–Trinajstić information content (AvgIpc) is 2.82. The SMILES string of the molecule is C[C@@H](NC(=O)/C=C/c1ccc(C(F)(F)F)nc1NCc1ccccc1)c1ccc(NS(C)(=O)=O)c(F)c1. The van der Waals surface area contributed by atoms with Crippen molar-refractivity contribution < 1.29 is 30.8 Å². The van der Waals surface area contributed by atoms with Crippen LogP contribution in [-0.2, 0) is 27.5 Å². The second kappa shape index (κ2) is 11.4. The molecule has 7 nitrogen and oxygen atoms in total. The number of nitrogens with zero attached hydrogens (tertiary/aromatic N) is 1. The topological polar surface area (TPSA) is 100 Å². The number of nitrogens with one attached hydrogen (secondary N) is 3. The van der Waals surface area contributed by atoms with Gasteiger partial charge in [0.15, 0.2) is 0 Å². The molecule has 0 saturated carbocycles. The Morgan fingerprint density at radius 1 is 1.08 bits per heavy atom. The van der Waals surface area contributed by atoms with Crippen LogP contribution in [0.1, 0.15) is 35.3 Å². The summed E-state index contributed by atoms with van der Waals surface area (Å²) in [6.07, 6.45) is -1.29. The van der Waals surface area contributed by atoms with E-state index < -0.39 is 39.7 Å². The first kappa shape index (κ1) is 27.7. The van der Waals surface area contributed by atoms with E-state index in [0.29, 0.717) is 5.56 Å². The van der Waals surface area contributed by atoms with Crippen molar-refractivity contribution >= 4 is 33.5 Å². The van der Waals surface area contributed by atoms with Crippen LogP contribution in [0.3, 0.4) is 0 Å². The second-order valence-electron chi connectivity index (χ2n) is 8.15. The Hall–Kier alpha value is -3.93. The molecule has 0 bridgehead atoms. The Morgan fingerprint density at radius 2 is 1.78 bits per heavy atom. The number of carbonyl (C=O) groups is 1. The summed E-state index contributed by atoms with van der Waals surface area (Å²) in [5.74, 6) is -1.45. The Bertz CT molecular complexity index is 1390. The van der Waals surface area contributed by atoms with Gasteiger partial charge in [0.2, 0.25) is 15.9 Å². The Balaban J connectivity index is 1.73. The number of aromatic nitrogens is 1. The van der Waals surface area contributed by atoms with E-state index in [9.17, 15) is 30.8 Å². The van der Waals surface area contributed by atoms with Crippen LogP contribution in [0.2, 0.25) is 0 Å². The smallest absolute Gasteiger partial charge is 0.365 e. The van der Waals surface area contributed by atoms with Gasteiger partial charge in [-0.3, -0.25) is 9.52 Å². The lowest BCUT2D eigenvalue weighted by molar-refractivity contribution is -0.141. The average molecular weight is 537 g/mol. The van der Waals surface area contributed by atoms with Gasteiger partial charge in [0.1, 0.15) is 17.3 Å². The minimum Gasteiger partial charge on any atom is -0.365 e. The molecule has 0 saturated heterocycles. The van der Waals surface area contributed by atoms with Crippen molar-refractivity contribution in [1.82, 2.24) is 10.3 Å². The molecule has 0 aliphatic rings. The van der Waals surface area contributed by atoms with E-state index in [-0.39, 0.29) is 23.6 Å². The van der Waals surface area contributed by atoms with Crippen molar-refractivity contribution in [3.8, 4) is 0 Å². The number of hydrogen-bond acceptors (Lipinski definition) is 5. The van der Waals surface area contributed by atoms with Crippen LogP contribution < -0.4 is 15.4 Å². The number of pyridine rings is 1. The van der Waals surface area contributed by atoms with E-state index in [0.717, 1.165) is 30.0 Å². The monoisotopic (exact) mass is 536 g/mol. The molecule has 0 fully saturated rings. The number of hydrogen-bond donors (Lipinski definition) is 3. The number of sulfonamides is 1. The number of halogens is 4. The highest BCUT2D eigenvalue weighted by atomic mass is 32.2. The van der Waals surface area contributed by atoms with Gasteiger partial charge in [-0.1, -0.05) is 36.4 Å². The summed E-state index contributed by atoms with van der Waals surface area (Å²) in [5.41, 5.74) is 0.158. The molecule has 1 amide bonds. The molecule has 12 heteroatoms. The summed E-state index contributed by atoms with van der Waals surface area (Å²) in [6, 6.07) is 14.2. The Kier molecular flexibility index (Phi) is 8.53. The van der Waals surface area contributed by atoms with Crippen molar-refractivity contribution in [2.75, 3.05) is 16.3 Å². The summed E-state index contributed by atoms with van der Waals surface area (Å²) in [5, 5.41) is 5.50. The molecule has 1 aromatic heterocycles. The van der Waals surface area contributed by atoms with Crippen LogP contribution in [-0.4, -0.2) is 25.6 Å². The molecule has 196 valence electrons. The number of carbonyl (C=O) groups excluding carboxylic acids is 1. The lowest BCUT2D eigenvalue weighted by Gasteiger charge is -2.15. The highest BCUT2D eigenvalue weighted by Gasteiger charge is 2.33. The second-order valence-corrected chi connectivity index (χ2v) is 9.90. The van der Waals surface area contributed by atoms with Gasteiger partial charge in [0.25, 0.3) is 0 Å². The van der Waals surface area contributed by atoms with Gasteiger partial charge < -0.3 is 10.6 Å². The minimum absolute atomic E-state index is 0.0492. The zero-order valence-electron chi connectivity index (χ0n) is 19.8. The maximum Gasteiger partial charge on any atom is 0.433 e. The van der Waals surface area contributed by atoms with Crippen LogP contribution in [0.15, 0.2) is 66.7 Å². The molecule has 2 aromatic carbocycles. The van der Waals surface area contributed by atoms with Gasteiger partial charge in [-0.25, -0.2) is 17.8 Å². The number of anilines is 2. The van der Waals surface area contributed by atoms with Crippen molar-refractivity contribution in [1.29, 1.82) is 0 Å². The molecular formula is C25H24F4N4O3S. The van der Waals surface area contributed by atoms with E-state index >= 15 is 0 Å². The maximum atomic E-state index is 14.3. The van der Waals surface area contributed by atoms with Crippen LogP contribution >= 0.6 is 0 Å². The molecule has 1 atom stereocenters. The first-order valence-corrected chi connectivity index (χ1v) is 12.8. The molecule has 37 heavy (non-hydrogen) atoms. The molecule has 3 aromatic rings. The predicted molar refractivity (Wildman–Crippen MR) is 133 cm³/mol. The van der Waals surface area contributed by atoms with Crippen LogP contribution in [0.5, 0.6) is 0 Å². The van der Waals surface area contributed by atoms with Crippen LogP contribution in [0.4, 0.5) is 29.1 Å². The summed E-state index contributed by atoms with van der Waals surface area (Å²) in [4.78, 5) is 16.1. The molecule has 3 N–H and O–H groups in total. The summed E-state index contributed by atoms with van der Waals surface area (Å²) in [7, 11) is -3.66. The van der Waals surface area contributed by atoms with E-state index in [1.807, 2.05) is 6.07 Å². The third-order valence-electron chi connectivity index (χ3n) is 5.08. The van der Waals surface area contributed by atoms with Gasteiger partial charge in [0.05, 0.1) is 18.0 Å². The van der Waals surface area contributed by atoms with Gasteiger partial charge in [-0.15, -0.1) is 0 Å². The molecule has 1 heterocycles. The quantitative estimate of drug-likeness (QED) is 0.261. The fraction of sp³-hybridized carbons (Fsp3) is 0.200. The minimum atomic E-state index is -4.64. The van der Waals surface area contributed by atoms with E-state index in [1.165, 1.54) is 24.3 Å². The standard InChI is InChI=1S/C25H24F4N4O3S/c1-16(19-8-11-21(20(26)14-19)33-37(2,35)36)31-23(34)13-10-18-9-12-22(25(27,28)29)32-24(18)30-15-17-6-4-3-5-7-17/h3-14,16,33H,15H2,1-2H3,(H,30,32)(H,31,34)/b13-10+/t16-/m1/s1. The Morgan fingerprint density at radius 3 is 2.41 bits per heavy atom. The van der Waals surface area contributed by atoms with Crippen LogP contribution in [0.25, 0.3) is 6.08 Å². The third kappa shape index (κ3) is 8.31. The predicted octanol–water partition coefficient (Wildman–Crippen LogP) is 5.11. The highest BCUT2D eigenvalue weighted by Crippen LogP contribution is 2.30. The van der Waals surface area contributed by atoms with Crippen molar-refractivity contribution in [2.45, 2.75) is 25.7 Å². The summed E-state index contributed by atoms with van der Waals surface area (Å²) in [6.45, 7) is 1.81. The lowest BCUT2D eigenvalue weighted by atomic mass is 10.1. The van der Waals surface area contributed by atoms with E-state index in [4.69, 9.17) is 0 Å². The molecular weight excluding hydrogens is 512 g/mol. The molecule has 0 radical (unpaired) electrons. The first-order chi connectivity index (χ1) is 17.3. The summed E-state index contributed by atoms with van der Waals surface area (Å²) >= 11 is 0. The molecule has 0 spiro atoms. The lowest BCUT2D eigenvalue weighted by Crippen LogP contribution is -2.24. The van der Waals surface area contributed by atoms with Crippen LogP contribution in [0, 0.1) is 5.82 Å². The number of rotatable bonds is 9. The zero-order valence-corrected chi connectivity index (χ0v) is 20.6. The normalized spacial score (nSPS) is 12.8. The molecule has 0 unspecified atom stereocenters. The van der Waals surface area contributed by atoms with E-state index in [2.05, 4.69) is 20.3 Å². The third-order valence-corrected chi connectivity index (χ3v) is 5.67. The molecule has 3 rings (SSSR count). The number of benzene rings is 2. The van der Waals surface area contributed by atoms with Gasteiger partial charge in [-0.05, 0) is 48.4 Å².